The van der Waals surface area contributed by atoms with Gasteiger partial charge in [-0.3, -0.25) is 4.98 Å². The second-order valence-corrected chi connectivity index (χ2v) is 4.61. The zero-order valence-corrected chi connectivity index (χ0v) is 11.8. The lowest BCUT2D eigenvalue weighted by Gasteiger charge is -2.16. The molecule has 0 saturated carbocycles. The minimum Gasteiger partial charge on any atom is -0.493 e. The van der Waals surface area contributed by atoms with Gasteiger partial charge in [0, 0.05) is 36.0 Å². The molecule has 1 aromatic carbocycles. The van der Waals surface area contributed by atoms with Crippen molar-refractivity contribution in [1.29, 1.82) is 0 Å². The lowest BCUT2D eigenvalue weighted by atomic mass is 10.1. The molecule has 0 aliphatic rings. The van der Waals surface area contributed by atoms with Crippen LogP contribution < -0.4 is 10.1 Å². The highest BCUT2D eigenvalue weighted by Gasteiger charge is 2.11. The first kappa shape index (κ1) is 14.5. The van der Waals surface area contributed by atoms with Gasteiger partial charge in [-0.15, -0.1) is 0 Å². The monoisotopic (exact) mass is 274 g/mol. The van der Waals surface area contributed by atoms with Gasteiger partial charge in [-0.05, 0) is 32.2 Å². The van der Waals surface area contributed by atoms with Crippen molar-refractivity contribution in [3.63, 3.8) is 0 Å². The van der Waals surface area contributed by atoms with Crippen LogP contribution in [-0.2, 0) is 6.42 Å². The standard InChI is InChI=1S/C16H19FN2O/c1-12(18-2)15-7-6-13(17)11-16(15)20-10-8-14-5-3-4-9-19-14/h3-7,9,11-12,18H,8,10H2,1-2H3. The van der Waals surface area contributed by atoms with Crippen LogP contribution in [0.25, 0.3) is 0 Å². The summed E-state index contributed by atoms with van der Waals surface area (Å²) < 4.78 is 19.1. The quantitative estimate of drug-likeness (QED) is 0.878. The van der Waals surface area contributed by atoms with Crippen LogP contribution in [0.1, 0.15) is 24.2 Å². The molecule has 0 spiro atoms. The Morgan fingerprint density at radius 2 is 2.15 bits per heavy atom. The first-order chi connectivity index (χ1) is 9.70. The fourth-order valence-electron chi connectivity index (χ4n) is 1.96. The van der Waals surface area contributed by atoms with Crippen molar-refractivity contribution in [2.24, 2.45) is 0 Å². The van der Waals surface area contributed by atoms with Crippen molar-refractivity contribution < 1.29 is 9.13 Å². The summed E-state index contributed by atoms with van der Waals surface area (Å²) in [5.41, 5.74) is 1.92. The van der Waals surface area contributed by atoms with Crippen molar-refractivity contribution in [2.75, 3.05) is 13.7 Å². The molecule has 3 nitrogen and oxygen atoms in total. The Hall–Kier alpha value is -1.94. The number of pyridine rings is 1. The molecule has 20 heavy (non-hydrogen) atoms. The van der Waals surface area contributed by atoms with E-state index in [1.807, 2.05) is 32.2 Å². The van der Waals surface area contributed by atoms with Crippen LogP contribution >= 0.6 is 0 Å². The molecule has 1 aromatic heterocycles. The van der Waals surface area contributed by atoms with Gasteiger partial charge in [0.15, 0.2) is 0 Å². The van der Waals surface area contributed by atoms with Gasteiger partial charge in [-0.1, -0.05) is 12.1 Å². The molecule has 2 rings (SSSR count). The smallest absolute Gasteiger partial charge is 0.126 e. The largest absolute Gasteiger partial charge is 0.493 e. The molecule has 1 unspecified atom stereocenters. The van der Waals surface area contributed by atoms with Crippen molar-refractivity contribution in [3.05, 3.63) is 59.7 Å². The fourth-order valence-corrected chi connectivity index (χ4v) is 1.96. The van der Waals surface area contributed by atoms with Crippen molar-refractivity contribution in [2.45, 2.75) is 19.4 Å². The number of aromatic nitrogens is 1. The van der Waals surface area contributed by atoms with Gasteiger partial charge >= 0.3 is 0 Å². The summed E-state index contributed by atoms with van der Waals surface area (Å²) >= 11 is 0. The highest BCUT2D eigenvalue weighted by Crippen LogP contribution is 2.26. The molecule has 0 saturated heterocycles. The number of rotatable bonds is 6. The summed E-state index contributed by atoms with van der Waals surface area (Å²) in [4.78, 5) is 4.23. The minimum atomic E-state index is -0.287. The van der Waals surface area contributed by atoms with Gasteiger partial charge in [0.25, 0.3) is 0 Å². The van der Waals surface area contributed by atoms with E-state index in [4.69, 9.17) is 4.74 Å². The van der Waals surface area contributed by atoms with Crippen LogP contribution in [0, 0.1) is 5.82 Å². The van der Waals surface area contributed by atoms with Gasteiger partial charge in [0.1, 0.15) is 11.6 Å². The van der Waals surface area contributed by atoms with Gasteiger partial charge < -0.3 is 10.1 Å². The van der Waals surface area contributed by atoms with E-state index in [2.05, 4.69) is 10.3 Å². The first-order valence-corrected chi connectivity index (χ1v) is 6.70. The van der Waals surface area contributed by atoms with Crippen molar-refractivity contribution in [3.8, 4) is 5.75 Å². The average Bonchev–Trinajstić information content (AvgIpc) is 2.48. The molecule has 0 radical (unpaired) electrons. The third kappa shape index (κ3) is 3.78. The second-order valence-electron chi connectivity index (χ2n) is 4.61. The Morgan fingerprint density at radius 1 is 1.30 bits per heavy atom. The van der Waals surface area contributed by atoms with E-state index < -0.39 is 0 Å². The van der Waals surface area contributed by atoms with E-state index in [1.165, 1.54) is 12.1 Å². The topological polar surface area (TPSA) is 34.1 Å². The maximum atomic E-state index is 13.4. The molecule has 2 aromatic rings. The van der Waals surface area contributed by atoms with Crippen LogP contribution in [0.5, 0.6) is 5.75 Å². The lowest BCUT2D eigenvalue weighted by Crippen LogP contribution is -2.14. The second kappa shape index (κ2) is 7.01. The normalized spacial score (nSPS) is 12.2. The average molecular weight is 274 g/mol. The molecule has 1 heterocycles. The summed E-state index contributed by atoms with van der Waals surface area (Å²) in [6.07, 6.45) is 2.46. The van der Waals surface area contributed by atoms with Crippen LogP contribution in [0.15, 0.2) is 42.6 Å². The van der Waals surface area contributed by atoms with Crippen LogP contribution in [0.3, 0.4) is 0 Å². The summed E-state index contributed by atoms with van der Waals surface area (Å²) in [5.74, 6) is 0.299. The van der Waals surface area contributed by atoms with E-state index in [-0.39, 0.29) is 11.9 Å². The number of nitrogens with zero attached hydrogens (tertiary/aromatic N) is 1. The third-order valence-corrected chi connectivity index (χ3v) is 3.22. The molecular formula is C16H19FN2O. The molecule has 0 aliphatic carbocycles. The van der Waals surface area contributed by atoms with Crippen LogP contribution in [0.2, 0.25) is 0 Å². The van der Waals surface area contributed by atoms with Gasteiger partial charge in [0.05, 0.1) is 6.61 Å². The van der Waals surface area contributed by atoms with Crippen molar-refractivity contribution in [1.82, 2.24) is 10.3 Å². The molecule has 4 heteroatoms. The van der Waals surface area contributed by atoms with E-state index in [1.54, 1.807) is 12.3 Å². The number of nitrogens with one attached hydrogen (secondary N) is 1. The zero-order valence-electron chi connectivity index (χ0n) is 11.8. The van der Waals surface area contributed by atoms with Gasteiger partial charge in [-0.25, -0.2) is 4.39 Å². The molecule has 0 bridgehead atoms. The summed E-state index contributed by atoms with van der Waals surface area (Å²) in [7, 11) is 1.87. The molecular weight excluding hydrogens is 255 g/mol. The van der Waals surface area contributed by atoms with E-state index in [9.17, 15) is 4.39 Å². The predicted octanol–water partition coefficient (Wildman–Crippen LogP) is 3.12. The minimum absolute atomic E-state index is 0.112. The number of hydrogen-bond donors (Lipinski definition) is 1. The Bertz CT molecular complexity index is 545. The van der Waals surface area contributed by atoms with Crippen LogP contribution in [-0.4, -0.2) is 18.6 Å². The molecule has 1 N–H and O–H groups in total. The van der Waals surface area contributed by atoms with E-state index in [0.717, 1.165) is 11.3 Å². The zero-order chi connectivity index (χ0) is 14.4. The molecule has 0 amide bonds. The van der Waals surface area contributed by atoms with E-state index in [0.29, 0.717) is 18.8 Å². The van der Waals surface area contributed by atoms with Gasteiger partial charge in [-0.2, -0.15) is 0 Å². The van der Waals surface area contributed by atoms with Crippen molar-refractivity contribution >= 4 is 0 Å². The summed E-state index contributed by atoms with van der Waals surface area (Å²) in [6, 6.07) is 10.5. The Morgan fingerprint density at radius 3 is 2.85 bits per heavy atom. The van der Waals surface area contributed by atoms with Crippen LogP contribution in [0.4, 0.5) is 4.39 Å². The number of benzene rings is 1. The molecule has 0 aliphatic heterocycles. The molecule has 106 valence electrons. The summed E-state index contributed by atoms with van der Waals surface area (Å²) in [6.45, 7) is 2.49. The Kier molecular flexibility index (Phi) is 5.07. The number of hydrogen-bond acceptors (Lipinski definition) is 3. The van der Waals surface area contributed by atoms with E-state index >= 15 is 0 Å². The number of ether oxygens (including phenoxy) is 1. The predicted molar refractivity (Wildman–Crippen MR) is 77.3 cm³/mol. The molecule has 1 atom stereocenters. The highest BCUT2D eigenvalue weighted by atomic mass is 19.1. The Balaban J connectivity index is 2.03. The number of halogens is 1. The van der Waals surface area contributed by atoms with Gasteiger partial charge in [0.2, 0.25) is 0 Å². The fraction of sp³-hybridized carbons (Fsp3) is 0.312. The SMILES string of the molecule is CNC(C)c1ccc(F)cc1OCCc1ccccn1. The first-order valence-electron chi connectivity index (χ1n) is 6.70. The maximum Gasteiger partial charge on any atom is 0.126 e. The lowest BCUT2D eigenvalue weighted by molar-refractivity contribution is 0.312. The Labute approximate surface area is 118 Å². The summed E-state index contributed by atoms with van der Waals surface area (Å²) in [5, 5.41) is 3.13. The molecule has 0 fully saturated rings. The third-order valence-electron chi connectivity index (χ3n) is 3.22. The maximum absolute atomic E-state index is 13.4. The highest BCUT2D eigenvalue weighted by molar-refractivity contribution is 5.36.